The smallest absolute Gasteiger partial charge is 0.260 e. The van der Waals surface area contributed by atoms with Crippen molar-refractivity contribution in [3.8, 4) is 0 Å². The molecule has 1 aliphatic carbocycles. The topological polar surface area (TPSA) is 90.0 Å². The maximum Gasteiger partial charge on any atom is 0.260 e. The summed E-state index contributed by atoms with van der Waals surface area (Å²) in [6.45, 7) is 0.296. The number of anilines is 1. The zero-order valence-corrected chi connectivity index (χ0v) is 12.7. The number of fused-ring (bicyclic) bond motifs is 1. The van der Waals surface area contributed by atoms with Gasteiger partial charge in [-0.2, -0.15) is 0 Å². The molecular weight excluding hydrogens is 296 g/mol. The zero-order valence-electron chi connectivity index (χ0n) is 11.1. The van der Waals surface area contributed by atoms with Crippen LogP contribution >= 0.6 is 11.3 Å². The molecule has 3 N–H and O–H groups in total. The van der Waals surface area contributed by atoms with E-state index in [1.54, 1.807) is 18.4 Å². The lowest BCUT2D eigenvalue weighted by atomic mass is 10.2. The van der Waals surface area contributed by atoms with E-state index in [1.165, 1.54) is 27.8 Å². The second-order valence-corrected chi connectivity index (χ2v) is 7.79. The Morgan fingerprint density at radius 1 is 1.50 bits per heavy atom. The Morgan fingerprint density at radius 3 is 2.95 bits per heavy atom. The lowest BCUT2D eigenvalue weighted by Gasteiger charge is -2.06. The standard InChI is InChI=1S/C12H16N4O2S2/c1-16-7-14-11(13)12(16)20(17,18)15-6-9-5-8-3-2-4-10(8)19-9/h5,7,15H,2-4,6,13H2,1H3. The Hall–Kier alpha value is -1.38. The summed E-state index contributed by atoms with van der Waals surface area (Å²) in [6, 6.07) is 2.10. The molecule has 0 fully saturated rings. The second kappa shape index (κ2) is 4.87. The summed E-state index contributed by atoms with van der Waals surface area (Å²) >= 11 is 1.69. The molecule has 0 saturated carbocycles. The Bertz CT molecular complexity index is 705. The number of sulfonamides is 1. The molecule has 20 heavy (non-hydrogen) atoms. The summed E-state index contributed by atoms with van der Waals surface area (Å²) in [5.74, 6) is 0.0219. The lowest BCUT2D eigenvalue weighted by molar-refractivity contribution is 0.572. The Labute approximate surface area is 121 Å². The quantitative estimate of drug-likeness (QED) is 0.882. The van der Waals surface area contributed by atoms with Gasteiger partial charge in [0.05, 0.1) is 6.33 Å². The number of hydrogen-bond acceptors (Lipinski definition) is 5. The first-order valence-electron chi connectivity index (χ1n) is 6.34. The number of hydrogen-bond donors (Lipinski definition) is 2. The summed E-state index contributed by atoms with van der Waals surface area (Å²) in [5.41, 5.74) is 6.97. The molecule has 2 aromatic rings. The molecule has 0 unspecified atom stereocenters. The fourth-order valence-corrected chi connectivity index (χ4v) is 5.01. The van der Waals surface area contributed by atoms with Gasteiger partial charge in [-0.3, -0.25) is 0 Å². The number of nitrogens with two attached hydrogens (primary N) is 1. The summed E-state index contributed by atoms with van der Waals surface area (Å²) < 4.78 is 28.5. The predicted octanol–water partition coefficient (Wildman–Crippen LogP) is 1.03. The van der Waals surface area contributed by atoms with Gasteiger partial charge >= 0.3 is 0 Å². The molecule has 0 spiro atoms. The van der Waals surface area contributed by atoms with Gasteiger partial charge in [-0.15, -0.1) is 11.3 Å². The molecule has 6 nitrogen and oxygen atoms in total. The largest absolute Gasteiger partial charge is 0.381 e. The Balaban J connectivity index is 1.77. The van der Waals surface area contributed by atoms with Crippen LogP contribution < -0.4 is 10.5 Å². The highest BCUT2D eigenvalue weighted by Crippen LogP contribution is 2.30. The first-order chi connectivity index (χ1) is 9.47. The van der Waals surface area contributed by atoms with E-state index in [4.69, 9.17) is 5.73 Å². The van der Waals surface area contributed by atoms with Crippen LogP contribution in [0.1, 0.15) is 21.7 Å². The van der Waals surface area contributed by atoms with Gasteiger partial charge in [-0.25, -0.2) is 18.1 Å². The van der Waals surface area contributed by atoms with Crippen LogP contribution in [-0.4, -0.2) is 18.0 Å². The van der Waals surface area contributed by atoms with E-state index in [9.17, 15) is 8.42 Å². The van der Waals surface area contributed by atoms with Gasteiger partial charge < -0.3 is 10.3 Å². The van der Waals surface area contributed by atoms with E-state index in [1.807, 2.05) is 0 Å². The summed E-state index contributed by atoms with van der Waals surface area (Å²) in [6.07, 6.45) is 4.82. The van der Waals surface area contributed by atoms with Crippen LogP contribution in [0.4, 0.5) is 5.82 Å². The third kappa shape index (κ3) is 2.34. The van der Waals surface area contributed by atoms with E-state index in [-0.39, 0.29) is 10.8 Å². The highest BCUT2D eigenvalue weighted by atomic mass is 32.2. The van der Waals surface area contributed by atoms with Crippen LogP contribution in [0.25, 0.3) is 0 Å². The zero-order chi connectivity index (χ0) is 14.3. The summed E-state index contributed by atoms with van der Waals surface area (Å²) in [7, 11) is -2.03. The third-order valence-corrected chi connectivity index (χ3v) is 6.17. The van der Waals surface area contributed by atoms with Crippen molar-refractivity contribution < 1.29 is 8.42 Å². The Kier molecular flexibility index (Phi) is 3.31. The fourth-order valence-electron chi connectivity index (χ4n) is 2.48. The minimum atomic E-state index is -3.64. The maximum atomic E-state index is 12.2. The van der Waals surface area contributed by atoms with E-state index in [0.717, 1.165) is 17.7 Å². The first kappa shape index (κ1) is 13.6. The highest BCUT2D eigenvalue weighted by Gasteiger charge is 2.23. The molecule has 0 amide bonds. The van der Waals surface area contributed by atoms with Crippen LogP contribution in [0, 0.1) is 0 Å². The van der Waals surface area contributed by atoms with E-state index < -0.39 is 10.0 Å². The molecule has 0 saturated heterocycles. The molecule has 0 atom stereocenters. The normalized spacial score (nSPS) is 14.7. The second-order valence-electron chi connectivity index (χ2n) is 4.89. The van der Waals surface area contributed by atoms with Gasteiger partial charge in [0.15, 0.2) is 10.8 Å². The van der Waals surface area contributed by atoms with Crippen LogP contribution in [0.3, 0.4) is 0 Å². The van der Waals surface area contributed by atoms with Crippen molar-refractivity contribution in [2.75, 3.05) is 5.73 Å². The number of nitrogens with zero attached hydrogens (tertiary/aromatic N) is 2. The number of rotatable bonds is 4. The molecule has 0 aliphatic heterocycles. The number of nitrogens with one attached hydrogen (secondary N) is 1. The maximum absolute atomic E-state index is 12.2. The van der Waals surface area contributed by atoms with E-state index >= 15 is 0 Å². The number of aromatic nitrogens is 2. The summed E-state index contributed by atoms with van der Waals surface area (Å²) in [4.78, 5) is 6.23. The number of nitrogen functional groups attached to an aromatic ring is 1. The highest BCUT2D eigenvalue weighted by molar-refractivity contribution is 7.89. The molecule has 8 heteroatoms. The minimum Gasteiger partial charge on any atom is -0.381 e. The molecule has 1 aliphatic rings. The van der Waals surface area contributed by atoms with Crippen molar-refractivity contribution in [1.29, 1.82) is 0 Å². The Morgan fingerprint density at radius 2 is 2.30 bits per heavy atom. The molecular formula is C12H16N4O2S2. The number of imidazole rings is 1. The average Bonchev–Trinajstić information content (AvgIpc) is 3.01. The monoisotopic (exact) mass is 312 g/mol. The van der Waals surface area contributed by atoms with Gasteiger partial charge in [0.25, 0.3) is 10.0 Å². The van der Waals surface area contributed by atoms with Crippen molar-refractivity contribution >= 4 is 27.2 Å². The van der Waals surface area contributed by atoms with Crippen LogP contribution in [-0.2, 0) is 36.5 Å². The van der Waals surface area contributed by atoms with Crippen molar-refractivity contribution in [3.63, 3.8) is 0 Å². The molecule has 0 radical (unpaired) electrons. The number of thiophene rings is 1. The van der Waals surface area contributed by atoms with Gasteiger partial charge in [0.1, 0.15) is 0 Å². The van der Waals surface area contributed by atoms with Gasteiger partial charge in [-0.1, -0.05) is 0 Å². The number of aryl methyl sites for hydroxylation is 3. The van der Waals surface area contributed by atoms with Crippen molar-refractivity contribution in [2.24, 2.45) is 7.05 Å². The van der Waals surface area contributed by atoms with Gasteiger partial charge in [0.2, 0.25) is 0 Å². The molecule has 3 rings (SSSR count). The van der Waals surface area contributed by atoms with Crippen molar-refractivity contribution in [2.45, 2.75) is 30.8 Å². The molecule has 0 aromatic carbocycles. The van der Waals surface area contributed by atoms with Crippen LogP contribution in [0.5, 0.6) is 0 Å². The first-order valence-corrected chi connectivity index (χ1v) is 8.64. The van der Waals surface area contributed by atoms with Crippen LogP contribution in [0.15, 0.2) is 17.4 Å². The third-order valence-electron chi connectivity index (χ3n) is 3.40. The van der Waals surface area contributed by atoms with Crippen molar-refractivity contribution in [3.05, 3.63) is 27.7 Å². The van der Waals surface area contributed by atoms with Crippen molar-refractivity contribution in [1.82, 2.24) is 14.3 Å². The van der Waals surface area contributed by atoms with E-state index in [2.05, 4.69) is 15.8 Å². The van der Waals surface area contributed by atoms with E-state index in [0.29, 0.717) is 6.54 Å². The molecule has 0 bridgehead atoms. The minimum absolute atomic E-state index is 0.0154. The lowest BCUT2D eigenvalue weighted by Crippen LogP contribution is -2.25. The predicted molar refractivity (Wildman–Crippen MR) is 78.0 cm³/mol. The average molecular weight is 312 g/mol. The fraction of sp³-hybridized carbons (Fsp3) is 0.417. The molecule has 108 valence electrons. The van der Waals surface area contributed by atoms with Crippen LogP contribution in [0.2, 0.25) is 0 Å². The molecule has 2 aromatic heterocycles. The van der Waals surface area contributed by atoms with Gasteiger partial charge in [0, 0.05) is 23.3 Å². The molecule has 2 heterocycles. The SMILES string of the molecule is Cn1cnc(N)c1S(=O)(=O)NCc1cc2c(s1)CCC2. The summed E-state index contributed by atoms with van der Waals surface area (Å²) in [5, 5.41) is 0.0154. The van der Waals surface area contributed by atoms with Gasteiger partial charge in [-0.05, 0) is 30.9 Å².